The average Bonchev–Trinajstić information content (AvgIpc) is 2.95. The van der Waals surface area contributed by atoms with E-state index in [0.29, 0.717) is 10.9 Å². The van der Waals surface area contributed by atoms with Gasteiger partial charge in [-0.15, -0.1) is 0 Å². The fourth-order valence-electron chi connectivity index (χ4n) is 4.99. The molecule has 1 fully saturated rings. The van der Waals surface area contributed by atoms with Gasteiger partial charge in [0.2, 0.25) is 0 Å². The molecule has 2 aromatic carbocycles. The summed E-state index contributed by atoms with van der Waals surface area (Å²) in [6.07, 6.45) is 7.85. The van der Waals surface area contributed by atoms with Gasteiger partial charge >= 0.3 is 160 Å². The molecular formula is C30H28AsN5O. The van der Waals surface area contributed by atoms with Crippen molar-refractivity contribution in [2.24, 2.45) is 0 Å². The van der Waals surface area contributed by atoms with Crippen molar-refractivity contribution in [3.63, 3.8) is 0 Å². The third kappa shape index (κ3) is 5.41. The minimum absolute atomic E-state index is 0.119. The van der Waals surface area contributed by atoms with Gasteiger partial charge in [0.05, 0.1) is 5.39 Å². The molecule has 5 aromatic rings. The zero-order valence-electron chi connectivity index (χ0n) is 20.5. The van der Waals surface area contributed by atoms with Crippen molar-refractivity contribution in [3.05, 3.63) is 107 Å². The maximum absolute atomic E-state index is 12.5. The number of hydrogen-bond donors (Lipinski definition) is 1. The van der Waals surface area contributed by atoms with Crippen molar-refractivity contribution in [1.82, 2.24) is 24.8 Å². The minimum Gasteiger partial charge on any atom is -0.0622 e. The van der Waals surface area contributed by atoms with Crippen LogP contribution in [-0.2, 0) is 6.54 Å². The van der Waals surface area contributed by atoms with Crippen LogP contribution in [0.4, 0.5) is 0 Å². The summed E-state index contributed by atoms with van der Waals surface area (Å²) in [5, 5.41) is 0.603. The van der Waals surface area contributed by atoms with E-state index in [1.165, 1.54) is 18.4 Å². The van der Waals surface area contributed by atoms with Crippen LogP contribution in [0.2, 0.25) is 4.71 Å². The van der Waals surface area contributed by atoms with Gasteiger partial charge < -0.3 is 4.98 Å². The Kier molecular flexibility index (Phi) is 6.94. The number of aromatic nitrogens is 4. The first-order valence-corrected chi connectivity index (χ1v) is 14.9. The number of fused-ring (bicyclic) bond motifs is 1. The van der Waals surface area contributed by atoms with Crippen LogP contribution in [0.3, 0.4) is 0 Å². The number of benzene rings is 2. The Morgan fingerprint density at radius 3 is 2.41 bits per heavy atom. The Hall–Kier alpha value is -3.60. The van der Waals surface area contributed by atoms with E-state index >= 15 is 0 Å². The Morgan fingerprint density at radius 1 is 0.892 bits per heavy atom. The molecule has 1 unspecified atom stereocenters. The van der Waals surface area contributed by atoms with Gasteiger partial charge in [-0.05, 0) is 6.07 Å². The fourth-order valence-corrected chi connectivity index (χ4v) is 7.53. The molecule has 1 aliphatic heterocycles. The second kappa shape index (κ2) is 10.8. The van der Waals surface area contributed by atoms with Crippen LogP contribution in [0.1, 0.15) is 18.4 Å². The molecule has 1 saturated heterocycles. The Balaban J connectivity index is 1.20. The van der Waals surface area contributed by atoms with Gasteiger partial charge in [0.15, 0.2) is 0 Å². The Labute approximate surface area is 222 Å². The molecule has 0 amide bonds. The quantitative estimate of drug-likeness (QED) is 0.322. The summed E-state index contributed by atoms with van der Waals surface area (Å²) >= 11 is -0.269. The topological polar surface area (TPSA) is 74.8 Å². The van der Waals surface area contributed by atoms with E-state index < -0.39 is 0 Å². The van der Waals surface area contributed by atoms with Crippen LogP contribution < -0.4 is 10.2 Å². The number of rotatable bonds is 6. The van der Waals surface area contributed by atoms with Crippen LogP contribution in [-0.4, -0.2) is 53.7 Å². The standard InChI is InChI=1S/C30H28AsN5O/c37-29-26-19-25(22-5-2-1-3-6-22)28(35-27(26)11-16-32-29)23-9-7-21(8-10-23)20-36-17-12-24(13-18-36)31-30-33-14-4-15-34-30/h1-11,14-16,19,24,31H,12-13,17-18,20H2,(H,32,37). The van der Waals surface area contributed by atoms with Crippen molar-refractivity contribution in [2.75, 3.05) is 13.1 Å². The molecular weight excluding hydrogens is 521 g/mol. The number of nitrogens with zero attached hydrogens (tertiary/aromatic N) is 4. The van der Waals surface area contributed by atoms with Crippen LogP contribution >= 0.6 is 0 Å². The van der Waals surface area contributed by atoms with E-state index in [1.807, 2.05) is 48.8 Å². The number of hydrogen-bond acceptors (Lipinski definition) is 5. The zero-order valence-corrected chi connectivity index (χ0v) is 22.6. The molecule has 184 valence electrons. The summed E-state index contributed by atoms with van der Waals surface area (Å²) in [5.74, 6) is 0. The number of nitrogens with one attached hydrogen (secondary N) is 1. The van der Waals surface area contributed by atoms with Crippen LogP contribution in [0.5, 0.6) is 0 Å². The summed E-state index contributed by atoms with van der Waals surface area (Å²) in [6.45, 7) is 3.21. The molecule has 4 heterocycles. The predicted octanol–water partition coefficient (Wildman–Crippen LogP) is 4.19. The number of piperidine rings is 1. The molecule has 6 rings (SSSR count). The predicted molar refractivity (Wildman–Crippen MR) is 150 cm³/mol. The van der Waals surface area contributed by atoms with Gasteiger partial charge in [-0.2, -0.15) is 0 Å². The normalized spacial score (nSPS) is 15.0. The Morgan fingerprint density at radius 2 is 1.65 bits per heavy atom. The monoisotopic (exact) mass is 549 g/mol. The molecule has 0 saturated carbocycles. The van der Waals surface area contributed by atoms with Crippen LogP contribution in [0.15, 0.2) is 96.2 Å². The molecule has 1 N–H and O–H groups in total. The zero-order chi connectivity index (χ0) is 25.0. The molecule has 1 aliphatic rings. The summed E-state index contributed by atoms with van der Waals surface area (Å²) in [5.41, 5.74) is 5.85. The van der Waals surface area contributed by atoms with Gasteiger partial charge in [-0.1, -0.05) is 30.3 Å². The van der Waals surface area contributed by atoms with E-state index in [1.54, 1.807) is 6.20 Å². The summed E-state index contributed by atoms with van der Waals surface area (Å²) in [4.78, 5) is 31.6. The molecule has 0 spiro atoms. The molecule has 6 nitrogen and oxygen atoms in total. The van der Waals surface area contributed by atoms with E-state index in [2.05, 4.69) is 56.3 Å². The molecule has 3 aromatic heterocycles. The van der Waals surface area contributed by atoms with E-state index in [4.69, 9.17) is 4.98 Å². The first-order valence-electron chi connectivity index (χ1n) is 12.7. The van der Waals surface area contributed by atoms with E-state index in [0.717, 1.165) is 51.3 Å². The van der Waals surface area contributed by atoms with Crippen LogP contribution in [0.25, 0.3) is 33.3 Å². The molecule has 0 aliphatic carbocycles. The van der Waals surface area contributed by atoms with Gasteiger partial charge in [0, 0.05) is 6.20 Å². The van der Waals surface area contributed by atoms with E-state index in [-0.39, 0.29) is 21.3 Å². The molecule has 1 atom stereocenters. The Bertz CT molecular complexity index is 1550. The van der Waals surface area contributed by atoms with Gasteiger partial charge in [-0.25, -0.2) is 0 Å². The van der Waals surface area contributed by atoms with Crippen molar-refractivity contribution in [3.8, 4) is 22.4 Å². The van der Waals surface area contributed by atoms with Crippen molar-refractivity contribution >= 4 is 31.3 Å². The van der Waals surface area contributed by atoms with Crippen molar-refractivity contribution in [1.29, 1.82) is 0 Å². The number of aromatic amines is 1. The molecule has 7 heteroatoms. The fraction of sp³-hybridized carbons (Fsp3) is 0.200. The number of likely N-dealkylation sites (tertiary alicyclic amines) is 1. The SMILES string of the molecule is O=c1[nH]ccc2nc(-c3ccc(CN4CCC([AsH]c5ncccn5)CC4)cc3)c(-c3ccccc3)cc12. The van der Waals surface area contributed by atoms with Crippen molar-refractivity contribution < 1.29 is 0 Å². The van der Waals surface area contributed by atoms with Crippen LogP contribution in [0, 0.1) is 0 Å². The third-order valence-electron chi connectivity index (χ3n) is 6.96. The average molecular weight is 550 g/mol. The van der Waals surface area contributed by atoms with Crippen molar-refractivity contribution in [2.45, 2.75) is 24.1 Å². The maximum atomic E-state index is 12.5. The molecule has 37 heavy (non-hydrogen) atoms. The smallest absolute Gasteiger partial charge is 0.0622 e. The third-order valence-corrected chi connectivity index (χ3v) is 10.1. The summed E-state index contributed by atoms with van der Waals surface area (Å²) in [7, 11) is 0. The number of pyridine rings is 2. The van der Waals surface area contributed by atoms with E-state index in [9.17, 15) is 4.79 Å². The molecule has 0 radical (unpaired) electrons. The second-order valence-electron chi connectivity index (χ2n) is 9.45. The number of H-pyrrole nitrogens is 1. The first-order chi connectivity index (χ1) is 18.2. The van der Waals surface area contributed by atoms with Gasteiger partial charge in [0.25, 0.3) is 5.56 Å². The summed E-state index contributed by atoms with van der Waals surface area (Å²) < 4.78 is 1.86. The van der Waals surface area contributed by atoms with Gasteiger partial charge in [0.1, 0.15) is 0 Å². The van der Waals surface area contributed by atoms with Gasteiger partial charge in [-0.3, -0.25) is 4.79 Å². The molecule has 0 bridgehead atoms. The minimum atomic E-state index is -0.269. The second-order valence-corrected chi connectivity index (χ2v) is 12.7. The summed E-state index contributed by atoms with van der Waals surface area (Å²) in [6, 6.07) is 24.6. The first kappa shape index (κ1) is 23.8.